The summed E-state index contributed by atoms with van der Waals surface area (Å²) in [4.78, 5) is 6.82. The molecule has 2 aliphatic rings. The number of hydrogen-bond donors (Lipinski definition) is 1. The molecule has 6 nitrogen and oxygen atoms in total. The summed E-state index contributed by atoms with van der Waals surface area (Å²) in [5, 5.41) is 0. The molecule has 1 atom stereocenters. The number of nitrogens with zero attached hydrogens (tertiary/aromatic N) is 2. The van der Waals surface area contributed by atoms with Gasteiger partial charge in [-0.2, -0.15) is 4.98 Å². The molecule has 1 aromatic heterocycles. The number of oxazole rings is 1. The van der Waals surface area contributed by atoms with Crippen LogP contribution in [0.4, 0.5) is 6.01 Å². The number of hydrogen-bond acceptors (Lipinski definition) is 6. The Bertz CT molecular complexity index is 703. The van der Waals surface area contributed by atoms with Gasteiger partial charge in [-0.25, -0.2) is 0 Å². The Morgan fingerprint density at radius 2 is 2.08 bits per heavy atom. The van der Waals surface area contributed by atoms with Crippen LogP contribution in [0.5, 0.6) is 5.75 Å². The van der Waals surface area contributed by atoms with Gasteiger partial charge in [-0.05, 0) is 50.7 Å². The molecule has 0 unspecified atom stereocenters. The van der Waals surface area contributed by atoms with E-state index in [1.165, 1.54) is 12.8 Å². The van der Waals surface area contributed by atoms with Crippen molar-refractivity contribution in [2.45, 2.75) is 44.8 Å². The minimum Gasteiger partial charge on any atom is -0.493 e. The van der Waals surface area contributed by atoms with Crippen LogP contribution >= 0.6 is 0 Å². The van der Waals surface area contributed by atoms with E-state index in [9.17, 15) is 0 Å². The van der Waals surface area contributed by atoms with Gasteiger partial charge in [0.2, 0.25) is 0 Å². The van der Waals surface area contributed by atoms with Gasteiger partial charge in [0.1, 0.15) is 11.3 Å². The molecule has 2 heterocycles. The number of benzene rings is 1. The molecule has 6 heteroatoms. The van der Waals surface area contributed by atoms with Crippen LogP contribution in [0.3, 0.4) is 0 Å². The third kappa shape index (κ3) is 4.25. The minimum atomic E-state index is 0.0893. The van der Waals surface area contributed by atoms with Crippen molar-refractivity contribution in [1.29, 1.82) is 0 Å². The minimum absolute atomic E-state index is 0.0893. The van der Waals surface area contributed by atoms with Gasteiger partial charge >= 0.3 is 0 Å². The van der Waals surface area contributed by atoms with Gasteiger partial charge in [-0.3, -0.25) is 0 Å². The molecule has 0 amide bonds. The highest BCUT2D eigenvalue weighted by atomic mass is 16.5. The molecule has 0 spiro atoms. The van der Waals surface area contributed by atoms with Crippen molar-refractivity contribution in [3.05, 3.63) is 18.2 Å². The summed E-state index contributed by atoms with van der Waals surface area (Å²) in [7, 11) is 0. The van der Waals surface area contributed by atoms with E-state index in [4.69, 9.17) is 19.6 Å². The van der Waals surface area contributed by atoms with Gasteiger partial charge in [-0.1, -0.05) is 0 Å². The lowest BCUT2D eigenvalue weighted by Gasteiger charge is -2.31. The van der Waals surface area contributed by atoms with E-state index >= 15 is 0 Å². The molecule has 136 valence electrons. The summed E-state index contributed by atoms with van der Waals surface area (Å²) in [6.07, 6.45) is 4.81. The molecule has 0 radical (unpaired) electrons. The fourth-order valence-corrected chi connectivity index (χ4v) is 3.12. The smallest absolute Gasteiger partial charge is 0.298 e. The van der Waals surface area contributed by atoms with E-state index in [-0.39, 0.29) is 12.1 Å². The lowest BCUT2D eigenvalue weighted by atomic mass is 10.1. The highest BCUT2D eigenvalue weighted by molar-refractivity contribution is 5.76. The molecule has 2 aromatic rings. The number of fused-ring (bicyclic) bond motifs is 1. The Morgan fingerprint density at radius 1 is 1.28 bits per heavy atom. The van der Waals surface area contributed by atoms with E-state index in [1.54, 1.807) is 0 Å². The highest BCUT2D eigenvalue weighted by Gasteiger charge is 2.24. The molecule has 2 N–H and O–H groups in total. The summed E-state index contributed by atoms with van der Waals surface area (Å²) < 4.78 is 17.6. The predicted octanol–water partition coefficient (Wildman–Crippen LogP) is 2.95. The first-order chi connectivity index (χ1) is 12.2. The topological polar surface area (TPSA) is 73.8 Å². The predicted molar refractivity (Wildman–Crippen MR) is 97.1 cm³/mol. The Balaban J connectivity index is 1.36. The Kier molecular flexibility index (Phi) is 4.81. The van der Waals surface area contributed by atoms with Crippen molar-refractivity contribution in [1.82, 2.24) is 4.98 Å². The molecule has 1 aliphatic heterocycles. The number of nitrogens with two attached hydrogens (primary N) is 1. The zero-order valence-corrected chi connectivity index (χ0v) is 14.8. The number of anilines is 1. The second-order valence-corrected chi connectivity index (χ2v) is 7.38. The van der Waals surface area contributed by atoms with Crippen LogP contribution < -0.4 is 15.4 Å². The number of aromatic nitrogens is 1. The number of ether oxygens (including phenoxy) is 2. The van der Waals surface area contributed by atoms with Gasteiger partial charge in [0.05, 0.1) is 19.3 Å². The summed E-state index contributed by atoms with van der Waals surface area (Å²) >= 11 is 0. The molecule has 1 saturated carbocycles. The standard InChI is InChI=1S/C19H27N3O3/c1-13(20)11-23-15-6-8-22(9-7-15)19-21-17-5-4-16(10-18(17)25-19)24-12-14-2-3-14/h4-5,10,13-15H,2-3,6-9,11-12,20H2,1H3/t13-/m0/s1. The molecule has 2 fully saturated rings. The van der Waals surface area contributed by atoms with Gasteiger partial charge < -0.3 is 24.5 Å². The van der Waals surface area contributed by atoms with Crippen molar-refractivity contribution in [2.24, 2.45) is 11.7 Å². The number of rotatable bonds is 7. The summed E-state index contributed by atoms with van der Waals surface area (Å²) in [5.74, 6) is 1.61. The van der Waals surface area contributed by atoms with Crippen LogP contribution in [0, 0.1) is 5.92 Å². The monoisotopic (exact) mass is 345 g/mol. The van der Waals surface area contributed by atoms with Gasteiger partial charge in [0.25, 0.3) is 6.01 Å². The van der Waals surface area contributed by atoms with Crippen LogP contribution in [-0.4, -0.2) is 43.4 Å². The quantitative estimate of drug-likeness (QED) is 0.832. The SMILES string of the molecule is C[C@H](N)COC1CCN(c2nc3ccc(OCC4CC4)cc3o2)CC1. The van der Waals surface area contributed by atoms with Crippen molar-refractivity contribution >= 4 is 17.1 Å². The first-order valence-electron chi connectivity index (χ1n) is 9.33. The second-order valence-electron chi connectivity index (χ2n) is 7.38. The molecule has 4 rings (SSSR count). The molecule has 1 aromatic carbocycles. The Morgan fingerprint density at radius 3 is 2.80 bits per heavy atom. The van der Waals surface area contributed by atoms with Crippen LogP contribution in [0.25, 0.3) is 11.1 Å². The molecule has 25 heavy (non-hydrogen) atoms. The zero-order valence-electron chi connectivity index (χ0n) is 14.8. The van der Waals surface area contributed by atoms with Crippen molar-refractivity contribution in [3.8, 4) is 5.75 Å². The largest absolute Gasteiger partial charge is 0.493 e. The summed E-state index contributed by atoms with van der Waals surface area (Å²) in [5.41, 5.74) is 7.42. The molecule has 1 aliphatic carbocycles. The van der Waals surface area contributed by atoms with Crippen LogP contribution in [0.1, 0.15) is 32.6 Å². The lowest BCUT2D eigenvalue weighted by molar-refractivity contribution is 0.0307. The van der Waals surface area contributed by atoms with Crippen molar-refractivity contribution < 1.29 is 13.9 Å². The van der Waals surface area contributed by atoms with Crippen molar-refractivity contribution in [3.63, 3.8) is 0 Å². The molecule has 1 saturated heterocycles. The third-order valence-corrected chi connectivity index (χ3v) is 4.84. The van der Waals surface area contributed by atoms with Crippen molar-refractivity contribution in [2.75, 3.05) is 31.2 Å². The van der Waals surface area contributed by atoms with E-state index in [0.717, 1.165) is 55.3 Å². The van der Waals surface area contributed by atoms with Gasteiger partial charge in [0.15, 0.2) is 5.58 Å². The third-order valence-electron chi connectivity index (χ3n) is 4.84. The number of piperidine rings is 1. The first-order valence-corrected chi connectivity index (χ1v) is 9.33. The fraction of sp³-hybridized carbons (Fsp3) is 0.632. The van der Waals surface area contributed by atoms with E-state index in [1.807, 2.05) is 25.1 Å². The van der Waals surface area contributed by atoms with E-state index in [2.05, 4.69) is 9.88 Å². The molecule has 0 bridgehead atoms. The first kappa shape index (κ1) is 16.7. The molecular weight excluding hydrogens is 318 g/mol. The highest BCUT2D eigenvalue weighted by Crippen LogP contribution is 2.31. The Labute approximate surface area is 148 Å². The average Bonchev–Trinajstić information content (AvgIpc) is 3.35. The zero-order chi connectivity index (χ0) is 17.2. The average molecular weight is 345 g/mol. The maximum atomic E-state index is 5.98. The summed E-state index contributed by atoms with van der Waals surface area (Å²) in [6, 6.07) is 6.69. The lowest BCUT2D eigenvalue weighted by Crippen LogP contribution is -2.38. The normalized spacial score (nSPS) is 20.2. The second kappa shape index (κ2) is 7.22. The van der Waals surface area contributed by atoms with Gasteiger partial charge in [-0.15, -0.1) is 0 Å². The van der Waals surface area contributed by atoms with E-state index in [0.29, 0.717) is 12.6 Å². The maximum Gasteiger partial charge on any atom is 0.298 e. The summed E-state index contributed by atoms with van der Waals surface area (Å²) in [6.45, 7) is 5.18. The van der Waals surface area contributed by atoms with E-state index < -0.39 is 0 Å². The Hall–Kier alpha value is -1.79. The van der Waals surface area contributed by atoms with Crippen LogP contribution in [-0.2, 0) is 4.74 Å². The van der Waals surface area contributed by atoms with Crippen LogP contribution in [0.15, 0.2) is 22.6 Å². The maximum absolute atomic E-state index is 5.98. The van der Waals surface area contributed by atoms with Crippen LogP contribution in [0.2, 0.25) is 0 Å². The molecular formula is C19H27N3O3. The fourth-order valence-electron chi connectivity index (χ4n) is 3.12. The van der Waals surface area contributed by atoms with Gasteiger partial charge in [0, 0.05) is 25.2 Å².